The molecule has 3 N–H and O–H groups in total. The maximum absolute atomic E-state index is 12.3. The molecule has 0 aliphatic rings. The third kappa shape index (κ3) is 6.40. The van der Waals surface area contributed by atoms with Gasteiger partial charge in [0, 0.05) is 0 Å². The van der Waals surface area contributed by atoms with Crippen LogP contribution in [0.25, 0.3) is 0 Å². The van der Waals surface area contributed by atoms with Gasteiger partial charge in [0.2, 0.25) is 0 Å². The molecule has 21 heavy (non-hydrogen) atoms. The quantitative estimate of drug-likeness (QED) is 0.783. The minimum Gasteiger partial charge on any atom is -0.480 e. The van der Waals surface area contributed by atoms with Crippen LogP contribution in [0.4, 0.5) is 0 Å². The molecule has 0 spiro atoms. The Morgan fingerprint density at radius 2 is 1.81 bits per heavy atom. The van der Waals surface area contributed by atoms with Crippen molar-refractivity contribution in [3.8, 4) is 0 Å². The molecule has 5 nitrogen and oxygen atoms in total. The van der Waals surface area contributed by atoms with Crippen molar-refractivity contribution in [3.63, 3.8) is 0 Å². The Hall–Kier alpha value is -1.88. The molecule has 0 aliphatic heterocycles. The Morgan fingerprint density at radius 1 is 1.24 bits per heavy atom. The van der Waals surface area contributed by atoms with Crippen LogP contribution in [-0.2, 0) is 20.7 Å². The van der Waals surface area contributed by atoms with E-state index in [2.05, 4.69) is 0 Å². The predicted octanol–water partition coefficient (Wildman–Crippen LogP) is 1.99. The zero-order valence-electron chi connectivity index (χ0n) is 12.7. The van der Waals surface area contributed by atoms with Crippen molar-refractivity contribution in [3.05, 3.63) is 35.9 Å². The zero-order valence-corrected chi connectivity index (χ0v) is 12.7. The number of benzene rings is 1. The Balaban J connectivity index is 2.83. The molecule has 0 heterocycles. The first-order valence-corrected chi connectivity index (χ1v) is 6.94. The molecule has 5 heteroatoms. The average Bonchev–Trinajstić information content (AvgIpc) is 2.36. The van der Waals surface area contributed by atoms with Gasteiger partial charge in [0.05, 0.1) is 5.92 Å². The lowest BCUT2D eigenvalue weighted by atomic mass is 9.92. The van der Waals surface area contributed by atoms with Gasteiger partial charge >= 0.3 is 11.9 Å². The number of hydrogen-bond donors (Lipinski definition) is 2. The highest BCUT2D eigenvalue weighted by molar-refractivity contribution is 5.77. The Kier molecular flexibility index (Phi) is 5.90. The molecule has 2 atom stereocenters. The smallest absolute Gasteiger partial charge is 0.320 e. The fourth-order valence-corrected chi connectivity index (χ4v) is 1.95. The molecule has 0 radical (unpaired) electrons. The van der Waals surface area contributed by atoms with Gasteiger partial charge in [-0.25, -0.2) is 0 Å². The number of nitrogens with two attached hydrogens (primary N) is 1. The van der Waals surface area contributed by atoms with E-state index in [0.717, 1.165) is 5.56 Å². The van der Waals surface area contributed by atoms with E-state index >= 15 is 0 Å². The summed E-state index contributed by atoms with van der Waals surface area (Å²) in [5.41, 5.74) is 5.90. The van der Waals surface area contributed by atoms with Crippen LogP contribution in [0.1, 0.15) is 32.8 Å². The van der Waals surface area contributed by atoms with Crippen molar-refractivity contribution in [1.82, 2.24) is 0 Å². The molecule has 1 rings (SSSR count). The summed E-state index contributed by atoms with van der Waals surface area (Å²) in [6.07, 6.45) is 0.468. The lowest BCUT2D eigenvalue weighted by molar-refractivity contribution is -0.160. The van der Waals surface area contributed by atoms with Gasteiger partial charge in [-0.15, -0.1) is 0 Å². The van der Waals surface area contributed by atoms with Crippen LogP contribution in [0.2, 0.25) is 0 Å². The second-order valence-electron chi connectivity index (χ2n) is 6.10. The topological polar surface area (TPSA) is 89.6 Å². The highest BCUT2D eigenvalue weighted by atomic mass is 16.6. The Morgan fingerprint density at radius 3 is 2.29 bits per heavy atom. The number of aliphatic carboxylic acids is 1. The molecular formula is C16H23NO4. The molecule has 0 aliphatic carbocycles. The first-order chi connectivity index (χ1) is 9.69. The molecule has 0 amide bonds. The summed E-state index contributed by atoms with van der Waals surface area (Å²) in [6, 6.07) is 8.34. The third-order valence-corrected chi connectivity index (χ3v) is 2.92. The van der Waals surface area contributed by atoms with E-state index < -0.39 is 29.5 Å². The van der Waals surface area contributed by atoms with Crippen molar-refractivity contribution in [1.29, 1.82) is 0 Å². The summed E-state index contributed by atoms with van der Waals surface area (Å²) in [4.78, 5) is 23.2. The molecule has 2 unspecified atom stereocenters. The number of esters is 1. The van der Waals surface area contributed by atoms with Crippen molar-refractivity contribution in [2.75, 3.05) is 0 Å². The summed E-state index contributed by atoms with van der Waals surface area (Å²) in [7, 11) is 0. The molecule has 0 saturated heterocycles. The predicted molar refractivity (Wildman–Crippen MR) is 79.7 cm³/mol. The first-order valence-electron chi connectivity index (χ1n) is 6.94. The minimum atomic E-state index is -1.11. The van der Waals surface area contributed by atoms with Gasteiger partial charge in [-0.2, -0.15) is 0 Å². The highest BCUT2D eigenvalue weighted by Crippen LogP contribution is 2.19. The number of carbonyl (C=O) groups is 2. The maximum Gasteiger partial charge on any atom is 0.320 e. The van der Waals surface area contributed by atoms with Gasteiger partial charge in [-0.05, 0) is 39.2 Å². The summed E-state index contributed by atoms with van der Waals surface area (Å²) in [5.74, 6) is -2.10. The first kappa shape index (κ1) is 17.2. The number of hydrogen-bond acceptors (Lipinski definition) is 4. The van der Waals surface area contributed by atoms with Crippen LogP contribution < -0.4 is 5.73 Å². The van der Waals surface area contributed by atoms with E-state index in [0.29, 0.717) is 6.42 Å². The van der Waals surface area contributed by atoms with Crippen LogP contribution >= 0.6 is 0 Å². The number of rotatable bonds is 6. The highest BCUT2D eigenvalue weighted by Gasteiger charge is 2.29. The van der Waals surface area contributed by atoms with E-state index in [1.807, 2.05) is 30.3 Å². The molecule has 0 fully saturated rings. The number of ether oxygens (including phenoxy) is 1. The second kappa shape index (κ2) is 7.22. The van der Waals surface area contributed by atoms with Crippen LogP contribution in [0.15, 0.2) is 30.3 Å². The fourth-order valence-electron chi connectivity index (χ4n) is 1.95. The van der Waals surface area contributed by atoms with Gasteiger partial charge in [0.15, 0.2) is 0 Å². The normalized spacial score (nSPS) is 14.3. The van der Waals surface area contributed by atoms with Gasteiger partial charge in [0.1, 0.15) is 11.6 Å². The summed E-state index contributed by atoms with van der Waals surface area (Å²) < 4.78 is 5.37. The van der Waals surface area contributed by atoms with E-state index in [1.54, 1.807) is 20.8 Å². The van der Waals surface area contributed by atoms with Gasteiger partial charge in [-0.1, -0.05) is 30.3 Å². The van der Waals surface area contributed by atoms with Crippen molar-refractivity contribution in [2.45, 2.75) is 45.3 Å². The van der Waals surface area contributed by atoms with E-state index in [9.17, 15) is 9.59 Å². The van der Waals surface area contributed by atoms with Crippen molar-refractivity contribution >= 4 is 11.9 Å². The van der Waals surface area contributed by atoms with Gasteiger partial charge < -0.3 is 15.6 Å². The van der Waals surface area contributed by atoms with Crippen molar-refractivity contribution in [2.24, 2.45) is 11.7 Å². The van der Waals surface area contributed by atoms with Gasteiger partial charge in [-0.3, -0.25) is 9.59 Å². The summed E-state index contributed by atoms with van der Waals surface area (Å²) in [5, 5.41) is 8.93. The Labute approximate surface area is 125 Å². The number of carbonyl (C=O) groups excluding carboxylic acids is 1. The SMILES string of the molecule is CC(C)(C)OC(=O)C(Cc1ccccc1)CC(N)C(=O)O. The summed E-state index contributed by atoms with van der Waals surface area (Å²) >= 11 is 0. The molecular weight excluding hydrogens is 270 g/mol. The van der Waals surface area contributed by atoms with Crippen LogP contribution in [0.3, 0.4) is 0 Å². The van der Waals surface area contributed by atoms with Gasteiger partial charge in [0.25, 0.3) is 0 Å². The maximum atomic E-state index is 12.3. The minimum absolute atomic E-state index is 0.0547. The molecule has 0 bridgehead atoms. The van der Waals surface area contributed by atoms with E-state index in [4.69, 9.17) is 15.6 Å². The molecule has 0 saturated carbocycles. The van der Waals surface area contributed by atoms with Crippen LogP contribution in [0.5, 0.6) is 0 Å². The second-order valence-corrected chi connectivity index (χ2v) is 6.10. The third-order valence-electron chi connectivity index (χ3n) is 2.92. The monoisotopic (exact) mass is 293 g/mol. The molecule has 1 aromatic carbocycles. The van der Waals surface area contributed by atoms with Crippen LogP contribution in [0, 0.1) is 5.92 Å². The van der Waals surface area contributed by atoms with Crippen LogP contribution in [-0.4, -0.2) is 28.7 Å². The lowest BCUT2D eigenvalue weighted by Crippen LogP contribution is -2.37. The average molecular weight is 293 g/mol. The standard InChI is InChI=1S/C16H23NO4/c1-16(2,3)21-15(20)12(10-13(17)14(18)19)9-11-7-5-4-6-8-11/h4-8,12-13H,9-10,17H2,1-3H3,(H,18,19). The number of carboxylic acid groups (broad SMARTS) is 1. The summed E-state index contributed by atoms with van der Waals surface area (Å²) in [6.45, 7) is 5.34. The molecule has 1 aromatic rings. The largest absolute Gasteiger partial charge is 0.480 e. The molecule has 0 aromatic heterocycles. The van der Waals surface area contributed by atoms with Crippen molar-refractivity contribution < 1.29 is 19.4 Å². The lowest BCUT2D eigenvalue weighted by Gasteiger charge is -2.25. The molecule has 116 valence electrons. The fraction of sp³-hybridized carbons (Fsp3) is 0.500. The zero-order chi connectivity index (χ0) is 16.0. The van der Waals surface area contributed by atoms with E-state index in [1.165, 1.54) is 0 Å². The Bertz CT molecular complexity index is 479. The van der Waals surface area contributed by atoms with E-state index in [-0.39, 0.29) is 6.42 Å². The number of carboxylic acids is 1.